The number of hydrogen-bond donors (Lipinski definition) is 1. The number of hydrogen-bond acceptors (Lipinski definition) is 2. The predicted octanol–water partition coefficient (Wildman–Crippen LogP) is 1.91. The first kappa shape index (κ1) is 12.3. The molecule has 1 aromatic rings. The van der Waals surface area contributed by atoms with Crippen molar-refractivity contribution in [3.63, 3.8) is 0 Å². The first-order valence-corrected chi connectivity index (χ1v) is 5.98. The van der Waals surface area contributed by atoms with Gasteiger partial charge in [-0.3, -0.25) is 4.79 Å². The molecule has 0 bridgehead atoms. The molecule has 1 saturated heterocycles. The van der Waals surface area contributed by atoms with Gasteiger partial charge in [-0.25, -0.2) is 4.39 Å². The minimum Gasteiger partial charge on any atom is -0.333 e. The molecule has 1 amide bonds. The monoisotopic (exact) mass is 256 g/mol. The average Bonchev–Trinajstić information content (AvgIpc) is 2.26. The van der Waals surface area contributed by atoms with Crippen LogP contribution in [-0.2, 0) is 0 Å². The third-order valence-electron chi connectivity index (χ3n) is 2.98. The summed E-state index contributed by atoms with van der Waals surface area (Å²) in [6.07, 6.45) is 0. The van der Waals surface area contributed by atoms with E-state index in [9.17, 15) is 9.18 Å². The van der Waals surface area contributed by atoms with E-state index in [2.05, 4.69) is 5.32 Å². The third-order valence-corrected chi connectivity index (χ3v) is 3.28. The lowest BCUT2D eigenvalue weighted by Gasteiger charge is -2.37. The summed E-state index contributed by atoms with van der Waals surface area (Å²) in [6, 6.07) is 4.66. The van der Waals surface area contributed by atoms with E-state index in [1.54, 1.807) is 11.0 Å². The molecule has 0 spiro atoms. The van der Waals surface area contributed by atoms with Crippen molar-refractivity contribution in [3.05, 3.63) is 34.6 Å². The molecule has 1 aliphatic rings. The minimum atomic E-state index is -0.634. The van der Waals surface area contributed by atoms with Crippen molar-refractivity contribution >= 4 is 17.5 Å². The summed E-state index contributed by atoms with van der Waals surface area (Å²) in [7, 11) is 0. The molecule has 92 valence electrons. The number of halogens is 2. The molecule has 0 radical (unpaired) electrons. The lowest BCUT2D eigenvalue weighted by Crippen LogP contribution is -2.58. The largest absolute Gasteiger partial charge is 0.333 e. The van der Waals surface area contributed by atoms with Crippen LogP contribution in [0.4, 0.5) is 4.39 Å². The van der Waals surface area contributed by atoms with E-state index in [0.29, 0.717) is 6.54 Å². The number of carbonyl (C=O) groups excluding carboxylic acids is 1. The van der Waals surface area contributed by atoms with Crippen LogP contribution in [0.3, 0.4) is 0 Å². The molecule has 3 nitrogen and oxygen atoms in total. The zero-order chi connectivity index (χ0) is 12.4. The Hall–Kier alpha value is -1.13. The number of benzene rings is 1. The number of amides is 1. The normalized spacial score (nSPS) is 15.5. The molecule has 1 N–H and O–H groups in total. The summed E-state index contributed by atoms with van der Waals surface area (Å²) < 4.78 is 13.7. The highest BCUT2D eigenvalue weighted by Crippen LogP contribution is 2.20. The van der Waals surface area contributed by atoms with Crippen LogP contribution in [0.25, 0.3) is 0 Å². The van der Waals surface area contributed by atoms with Gasteiger partial charge in [0.2, 0.25) is 0 Å². The van der Waals surface area contributed by atoms with E-state index in [0.717, 1.165) is 13.1 Å². The van der Waals surface area contributed by atoms with Crippen molar-refractivity contribution in [2.24, 2.45) is 0 Å². The number of nitrogens with zero attached hydrogens (tertiary/aromatic N) is 1. The van der Waals surface area contributed by atoms with E-state index in [1.807, 2.05) is 6.92 Å². The van der Waals surface area contributed by atoms with E-state index >= 15 is 0 Å². The Kier molecular flexibility index (Phi) is 3.64. The molecule has 1 aliphatic heterocycles. The molecule has 1 fully saturated rings. The van der Waals surface area contributed by atoms with Gasteiger partial charge >= 0.3 is 0 Å². The van der Waals surface area contributed by atoms with E-state index in [-0.39, 0.29) is 22.5 Å². The van der Waals surface area contributed by atoms with E-state index < -0.39 is 5.82 Å². The highest BCUT2D eigenvalue weighted by atomic mass is 35.5. The van der Waals surface area contributed by atoms with Gasteiger partial charge < -0.3 is 10.2 Å². The first-order valence-electron chi connectivity index (χ1n) is 5.60. The molecule has 2 rings (SSSR count). The predicted molar refractivity (Wildman–Crippen MR) is 64.8 cm³/mol. The van der Waals surface area contributed by atoms with Gasteiger partial charge in [0.1, 0.15) is 0 Å². The SMILES string of the molecule is CCN(C(=O)c1cccc(Cl)c1F)C1CNC1. The quantitative estimate of drug-likeness (QED) is 0.896. The standard InChI is InChI=1S/C12H14ClFN2O/c1-2-16(8-6-15-7-8)12(17)9-4-3-5-10(13)11(9)14/h3-5,8,15H,2,6-7H2,1H3. The lowest BCUT2D eigenvalue weighted by atomic mass is 10.1. The maximum Gasteiger partial charge on any atom is 0.257 e. The number of carbonyl (C=O) groups is 1. The average molecular weight is 257 g/mol. The number of nitrogens with one attached hydrogen (secondary N) is 1. The van der Waals surface area contributed by atoms with Crippen LogP contribution in [0.2, 0.25) is 5.02 Å². The minimum absolute atomic E-state index is 0.0152. The van der Waals surface area contributed by atoms with Gasteiger partial charge in [-0.05, 0) is 19.1 Å². The maximum atomic E-state index is 13.7. The van der Waals surface area contributed by atoms with Crippen molar-refractivity contribution in [3.8, 4) is 0 Å². The number of likely N-dealkylation sites (N-methyl/N-ethyl adjacent to an activating group) is 1. The highest BCUT2D eigenvalue weighted by molar-refractivity contribution is 6.31. The van der Waals surface area contributed by atoms with Gasteiger partial charge in [-0.2, -0.15) is 0 Å². The van der Waals surface area contributed by atoms with Crippen LogP contribution in [0.5, 0.6) is 0 Å². The van der Waals surface area contributed by atoms with Crippen LogP contribution in [0.1, 0.15) is 17.3 Å². The molecule has 0 atom stereocenters. The Bertz CT molecular complexity index is 435. The van der Waals surface area contributed by atoms with Gasteiger partial charge in [0.05, 0.1) is 16.6 Å². The highest BCUT2D eigenvalue weighted by Gasteiger charge is 2.29. The van der Waals surface area contributed by atoms with Gasteiger partial charge in [0, 0.05) is 19.6 Å². The molecule has 5 heteroatoms. The fourth-order valence-electron chi connectivity index (χ4n) is 1.89. The summed E-state index contributed by atoms with van der Waals surface area (Å²) in [4.78, 5) is 13.9. The van der Waals surface area contributed by atoms with Crippen molar-refractivity contribution < 1.29 is 9.18 Å². The molecule has 1 aromatic carbocycles. The summed E-state index contributed by atoms with van der Waals surface area (Å²) in [5, 5.41) is 3.08. The molecule has 0 saturated carbocycles. The molecule has 0 aromatic heterocycles. The Morgan fingerprint density at radius 3 is 2.82 bits per heavy atom. The van der Waals surface area contributed by atoms with Gasteiger partial charge in [-0.15, -0.1) is 0 Å². The van der Waals surface area contributed by atoms with Crippen LogP contribution < -0.4 is 5.32 Å². The number of rotatable bonds is 3. The molecule has 0 aliphatic carbocycles. The molecular weight excluding hydrogens is 243 g/mol. The van der Waals surface area contributed by atoms with Crippen molar-refractivity contribution in [1.29, 1.82) is 0 Å². The van der Waals surface area contributed by atoms with E-state index in [1.165, 1.54) is 12.1 Å². The summed E-state index contributed by atoms with van der Waals surface area (Å²) in [5.41, 5.74) is 0.0475. The van der Waals surface area contributed by atoms with Crippen molar-refractivity contribution in [1.82, 2.24) is 10.2 Å². The van der Waals surface area contributed by atoms with Crippen LogP contribution in [0.15, 0.2) is 18.2 Å². The first-order chi connectivity index (χ1) is 8.15. The lowest BCUT2D eigenvalue weighted by molar-refractivity contribution is 0.0625. The van der Waals surface area contributed by atoms with Crippen molar-refractivity contribution in [2.45, 2.75) is 13.0 Å². The van der Waals surface area contributed by atoms with Crippen LogP contribution >= 0.6 is 11.6 Å². The Morgan fingerprint density at radius 1 is 1.59 bits per heavy atom. The van der Waals surface area contributed by atoms with Crippen molar-refractivity contribution in [2.75, 3.05) is 19.6 Å². The summed E-state index contributed by atoms with van der Waals surface area (Å²) in [5.74, 6) is -0.927. The van der Waals surface area contributed by atoms with Gasteiger partial charge in [-0.1, -0.05) is 17.7 Å². The van der Waals surface area contributed by atoms with Gasteiger partial charge in [0.25, 0.3) is 5.91 Å². The fraction of sp³-hybridized carbons (Fsp3) is 0.417. The zero-order valence-electron chi connectivity index (χ0n) is 9.54. The molecular formula is C12H14ClFN2O. The second kappa shape index (κ2) is 5.02. The Morgan fingerprint density at radius 2 is 2.29 bits per heavy atom. The summed E-state index contributed by atoms with van der Waals surface area (Å²) in [6.45, 7) is 3.99. The third kappa shape index (κ3) is 2.28. The Labute approximate surface area is 105 Å². The molecule has 1 heterocycles. The van der Waals surface area contributed by atoms with Gasteiger partial charge in [0.15, 0.2) is 5.82 Å². The maximum absolute atomic E-state index is 13.7. The van der Waals surface area contributed by atoms with Crippen LogP contribution in [-0.4, -0.2) is 36.5 Å². The second-order valence-electron chi connectivity index (χ2n) is 4.00. The smallest absolute Gasteiger partial charge is 0.257 e. The molecule has 0 unspecified atom stereocenters. The zero-order valence-corrected chi connectivity index (χ0v) is 10.3. The fourth-order valence-corrected chi connectivity index (χ4v) is 2.06. The second-order valence-corrected chi connectivity index (χ2v) is 4.41. The Balaban J connectivity index is 2.25. The summed E-state index contributed by atoms with van der Waals surface area (Å²) >= 11 is 5.68. The van der Waals surface area contributed by atoms with E-state index in [4.69, 9.17) is 11.6 Å². The topological polar surface area (TPSA) is 32.3 Å². The van der Waals surface area contributed by atoms with Crippen LogP contribution in [0, 0.1) is 5.82 Å². The molecule has 17 heavy (non-hydrogen) atoms.